The van der Waals surface area contributed by atoms with Gasteiger partial charge in [0, 0.05) is 59.3 Å². The fraction of sp³-hybridized carbons (Fsp3) is 0.0204. The number of hydrogen-bond acceptors (Lipinski definition) is 4. The van der Waals surface area contributed by atoms with Gasteiger partial charge in [-0.2, -0.15) is 0 Å². The lowest BCUT2D eigenvalue weighted by atomic mass is 9.94. The van der Waals surface area contributed by atoms with Crippen LogP contribution in [0.15, 0.2) is 182 Å². The summed E-state index contributed by atoms with van der Waals surface area (Å²) < 4.78 is 9.17. The largest absolute Gasteiger partial charge is 0.464 e. The van der Waals surface area contributed by atoms with Gasteiger partial charge in [0.15, 0.2) is 12.0 Å². The number of rotatable bonds is 6. The number of fused-ring (bicyclic) bond motifs is 5. The first-order chi connectivity index (χ1) is 26.3. The summed E-state index contributed by atoms with van der Waals surface area (Å²) in [6.45, 7) is 0. The average Bonchev–Trinajstić information content (AvgIpc) is 3.92. The zero-order chi connectivity index (χ0) is 34.9. The molecule has 1 aliphatic carbocycles. The second kappa shape index (κ2) is 12.0. The molecule has 0 bridgehead atoms. The van der Waals surface area contributed by atoms with Gasteiger partial charge in [0.2, 0.25) is 0 Å². The highest BCUT2D eigenvalue weighted by molar-refractivity contribution is 7.25. The molecule has 0 saturated heterocycles. The molecule has 0 radical (unpaired) electrons. The van der Waals surface area contributed by atoms with Crippen molar-refractivity contribution in [1.29, 1.82) is 0 Å². The van der Waals surface area contributed by atoms with Crippen molar-refractivity contribution in [3.8, 4) is 22.3 Å². The van der Waals surface area contributed by atoms with E-state index in [1.54, 1.807) is 0 Å². The standard InChI is InChI=1S/C49H32N2OS/c1-3-10-31(11-4-1)32-18-22-35(23-19-32)51(37-26-29-45-43(30-37)39-14-7-8-17-44(39)53-45)36-24-20-33(21-25-36)38-27-28-42-46-40(38)15-9-16-41(46)47-48(42)52-49(50-47)34-12-5-2-6-13-34/h1-30,49-50H. The summed E-state index contributed by atoms with van der Waals surface area (Å²) in [6.07, 6.45) is -0.187. The quantitative estimate of drug-likeness (QED) is 0.187. The lowest BCUT2D eigenvalue weighted by Crippen LogP contribution is -2.15. The Bertz CT molecular complexity index is 2850. The number of ether oxygens (including phenoxy) is 1. The Kier molecular flexibility index (Phi) is 6.79. The van der Waals surface area contributed by atoms with Crippen LogP contribution >= 0.6 is 11.3 Å². The molecule has 4 heteroatoms. The maximum Gasteiger partial charge on any atom is 0.196 e. The fourth-order valence-corrected chi connectivity index (χ4v) is 9.25. The van der Waals surface area contributed by atoms with E-state index in [1.165, 1.54) is 58.8 Å². The number of nitrogens with one attached hydrogen (secondary N) is 1. The third kappa shape index (κ3) is 4.87. The van der Waals surface area contributed by atoms with E-state index in [1.807, 2.05) is 17.4 Å². The molecule has 0 fully saturated rings. The molecule has 1 N–H and O–H groups in total. The van der Waals surface area contributed by atoms with Gasteiger partial charge in [0.25, 0.3) is 0 Å². The van der Waals surface area contributed by atoms with Crippen LogP contribution in [0.3, 0.4) is 0 Å². The predicted octanol–water partition coefficient (Wildman–Crippen LogP) is 13.5. The lowest BCUT2D eigenvalue weighted by Gasteiger charge is -2.26. The first-order valence-electron chi connectivity index (χ1n) is 18.0. The molecule has 250 valence electrons. The van der Waals surface area contributed by atoms with E-state index < -0.39 is 0 Å². The summed E-state index contributed by atoms with van der Waals surface area (Å²) in [4.78, 5) is 2.37. The minimum Gasteiger partial charge on any atom is -0.464 e. The summed E-state index contributed by atoms with van der Waals surface area (Å²) >= 11 is 1.85. The number of nitrogens with zero attached hydrogens (tertiary/aromatic N) is 1. The van der Waals surface area contributed by atoms with Crippen LogP contribution in [0.25, 0.3) is 64.7 Å². The smallest absolute Gasteiger partial charge is 0.196 e. The molecular formula is C49H32N2OS. The van der Waals surface area contributed by atoms with E-state index in [2.05, 4.69) is 186 Å². The van der Waals surface area contributed by atoms with Crippen molar-refractivity contribution in [2.75, 3.05) is 4.90 Å². The molecule has 2 aliphatic rings. The van der Waals surface area contributed by atoms with Gasteiger partial charge in [0.1, 0.15) is 0 Å². The van der Waals surface area contributed by atoms with E-state index in [0.717, 1.165) is 39.6 Å². The fourth-order valence-electron chi connectivity index (χ4n) is 8.16. The van der Waals surface area contributed by atoms with Crippen molar-refractivity contribution in [2.45, 2.75) is 6.23 Å². The maximum atomic E-state index is 6.56. The maximum absolute atomic E-state index is 6.56. The molecule has 11 rings (SSSR count). The highest BCUT2D eigenvalue weighted by atomic mass is 32.1. The Morgan fingerprint density at radius 1 is 0.453 bits per heavy atom. The average molecular weight is 697 g/mol. The van der Waals surface area contributed by atoms with Crippen molar-refractivity contribution >= 4 is 70.8 Å². The van der Waals surface area contributed by atoms with E-state index >= 15 is 0 Å². The number of hydrogen-bond donors (Lipinski definition) is 1. The molecule has 1 aromatic heterocycles. The summed E-state index contributed by atoms with van der Waals surface area (Å²) in [5, 5.41) is 8.73. The zero-order valence-electron chi connectivity index (χ0n) is 28.7. The second-order valence-corrected chi connectivity index (χ2v) is 14.8. The second-order valence-electron chi connectivity index (χ2n) is 13.7. The van der Waals surface area contributed by atoms with Gasteiger partial charge in [-0.3, -0.25) is 0 Å². The third-order valence-electron chi connectivity index (χ3n) is 10.7. The van der Waals surface area contributed by atoms with E-state index in [0.29, 0.717) is 0 Å². The molecule has 0 saturated carbocycles. The van der Waals surface area contributed by atoms with Crippen molar-refractivity contribution in [2.24, 2.45) is 0 Å². The van der Waals surface area contributed by atoms with Crippen molar-refractivity contribution in [3.63, 3.8) is 0 Å². The van der Waals surface area contributed by atoms with Gasteiger partial charge >= 0.3 is 0 Å². The van der Waals surface area contributed by atoms with E-state index in [-0.39, 0.29) is 6.23 Å². The van der Waals surface area contributed by atoms with Gasteiger partial charge < -0.3 is 15.0 Å². The number of thiophene rings is 1. The van der Waals surface area contributed by atoms with Crippen LogP contribution in [-0.4, -0.2) is 0 Å². The van der Waals surface area contributed by atoms with Crippen LogP contribution in [0, 0.1) is 0 Å². The van der Waals surface area contributed by atoms with Gasteiger partial charge in [-0.25, -0.2) is 0 Å². The molecule has 2 heterocycles. The summed E-state index contributed by atoms with van der Waals surface area (Å²) in [7, 11) is 0. The lowest BCUT2D eigenvalue weighted by molar-refractivity contribution is 0.175. The normalized spacial score (nSPS) is 14.5. The first-order valence-corrected chi connectivity index (χ1v) is 18.8. The Morgan fingerprint density at radius 3 is 1.87 bits per heavy atom. The Balaban J connectivity index is 0.979. The van der Waals surface area contributed by atoms with Crippen molar-refractivity contribution in [1.82, 2.24) is 5.32 Å². The molecule has 1 atom stereocenters. The highest BCUT2D eigenvalue weighted by Gasteiger charge is 2.35. The van der Waals surface area contributed by atoms with Gasteiger partial charge in [0.05, 0.1) is 5.70 Å². The topological polar surface area (TPSA) is 24.5 Å². The van der Waals surface area contributed by atoms with Crippen LogP contribution < -0.4 is 10.2 Å². The minimum atomic E-state index is -0.187. The van der Waals surface area contributed by atoms with Crippen LogP contribution in [0.5, 0.6) is 0 Å². The Morgan fingerprint density at radius 2 is 1.08 bits per heavy atom. The Labute approximate surface area is 311 Å². The molecule has 0 amide bonds. The summed E-state index contributed by atoms with van der Waals surface area (Å²) in [6, 6.07) is 65.6. The number of anilines is 3. The molecule has 0 spiro atoms. The first kappa shape index (κ1) is 30.0. The van der Waals surface area contributed by atoms with Gasteiger partial charge in [-0.15, -0.1) is 11.3 Å². The minimum absolute atomic E-state index is 0.187. The highest BCUT2D eigenvalue weighted by Crippen LogP contribution is 2.49. The van der Waals surface area contributed by atoms with Crippen LogP contribution in [0.4, 0.5) is 17.1 Å². The van der Waals surface area contributed by atoms with Gasteiger partial charge in [-0.1, -0.05) is 127 Å². The summed E-state index contributed by atoms with van der Waals surface area (Å²) in [5.74, 6) is 0.941. The predicted molar refractivity (Wildman–Crippen MR) is 223 cm³/mol. The monoisotopic (exact) mass is 696 g/mol. The molecule has 8 aromatic carbocycles. The van der Waals surface area contributed by atoms with Gasteiger partial charge in [-0.05, 0) is 82.2 Å². The van der Waals surface area contributed by atoms with Crippen LogP contribution in [0.2, 0.25) is 0 Å². The van der Waals surface area contributed by atoms with Crippen molar-refractivity contribution < 1.29 is 4.74 Å². The molecule has 1 aliphatic heterocycles. The van der Waals surface area contributed by atoms with Crippen molar-refractivity contribution in [3.05, 3.63) is 199 Å². The number of benzene rings is 8. The summed E-state index contributed by atoms with van der Waals surface area (Å²) in [5.41, 5.74) is 12.7. The molecule has 53 heavy (non-hydrogen) atoms. The zero-order valence-corrected chi connectivity index (χ0v) is 29.5. The van der Waals surface area contributed by atoms with E-state index in [4.69, 9.17) is 4.74 Å². The van der Waals surface area contributed by atoms with Crippen LogP contribution in [0.1, 0.15) is 22.9 Å². The molecular weight excluding hydrogens is 665 g/mol. The Hall–Kier alpha value is -6.62. The van der Waals surface area contributed by atoms with E-state index in [9.17, 15) is 0 Å². The van der Waals surface area contributed by atoms with Crippen LogP contribution in [-0.2, 0) is 4.74 Å². The SMILES string of the molecule is c1ccc(-c2ccc(N(c3ccc(-c4ccc5c6c(cccc46)C4=C5OC(c5ccccc5)N4)cc3)c3ccc4sc5ccccc5c4c3)cc2)cc1. The molecule has 1 unspecified atom stereocenters. The molecule has 3 nitrogen and oxygen atoms in total. The molecule has 9 aromatic rings. The third-order valence-corrected chi connectivity index (χ3v) is 11.8.